The van der Waals surface area contributed by atoms with Gasteiger partial charge in [-0.15, -0.1) is 0 Å². The number of hydrogen-bond acceptors (Lipinski definition) is 9. The van der Waals surface area contributed by atoms with Crippen LogP contribution >= 0.6 is 0 Å². The van der Waals surface area contributed by atoms with Gasteiger partial charge in [-0.3, -0.25) is 28.1 Å². The minimum atomic E-state index is -0.907. The van der Waals surface area contributed by atoms with E-state index in [0.717, 1.165) is 36.6 Å². The van der Waals surface area contributed by atoms with E-state index in [9.17, 15) is 9.59 Å². The van der Waals surface area contributed by atoms with E-state index in [1.54, 1.807) is 53.9 Å². The van der Waals surface area contributed by atoms with Gasteiger partial charge in [-0.2, -0.15) is 10.2 Å². The molecule has 8 aromatic rings. The summed E-state index contributed by atoms with van der Waals surface area (Å²) >= 11 is 0. The minimum absolute atomic E-state index is 0.0314. The van der Waals surface area contributed by atoms with E-state index in [2.05, 4.69) is 21.3 Å². The van der Waals surface area contributed by atoms with E-state index >= 15 is 13.6 Å². The number of aryl methyl sites for hydroxylation is 2. The first-order valence-corrected chi connectivity index (χ1v) is 22.3. The summed E-state index contributed by atoms with van der Waals surface area (Å²) in [6.45, 7) is 8.90. The molecule has 3 fully saturated rings. The van der Waals surface area contributed by atoms with Crippen LogP contribution in [0.15, 0.2) is 75.3 Å². The Balaban J connectivity index is 0.998. The lowest BCUT2D eigenvalue weighted by atomic mass is 9.92. The van der Waals surface area contributed by atoms with Crippen molar-refractivity contribution in [2.75, 3.05) is 19.8 Å². The number of aromatic amines is 1. The second-order valence-electron chi connectivity index (χ2n) is 18.3. The molecule has 8 heterocycles. The maximum atomic E-state index is 16.4. The third-order valence-corrected chi connectivity index (χ3v) is 14.3. The Morgan fingerprint density at radius 3 is 2.40 bits per heavy atom. The normalized spacial score (nSPS) is 21.2. The molecule has 0 spiro atoms. The smallest absolute Gasteiger partial charge is 0.381 e. The molecule has 3 atom stereocenters. The molecule has 0 unspecified atom stereocenters. The number of nitrogens with one attached hydrogen (secondary N) is 1. The zero-order chi connectivity index (χ0) is 44.6. The summed E-state index contributed by atoms with van der Waals surface area (Å²) in [6.07, 6.45) is 11.1. The summed E-state index contributed by atoms with van der Waals surface area (Å²) in [5, 5.41) is 14.8. The van der Waals surface area contributed by atoms with Crippen LogP contribution in [-0.2, 0) is 16.7 Å². The van der Waals surface area contributed by atoms with Gasteiger partial charge in [0.1, 0.15) is 28.5 Å². The number of amides is 1. The van der Waals surface area contributed by atoms with Gasteiger partial charge in [0.25, 0.3) is 5.91 Å². The molecule has 2 aliphatic carbocycles. The van der Waals surface area contributed by atoms with Crippen molar-refractivity contribution in [1.82, 2.24) is 53.3 Å². The summed E-state index contributed by atoms with van der Waals surface area (Å²) in [7, 11) is 0. The first-order chi connectivity index (χ1) is 31.4. The second-order valence-corrected chi connectivity index (χ2v) is 18.3. The van der Waals surface area contributed by atoms with Gasteiger partial charge < -0.3 is 14.2 Å². The van der Waals surface area contributed by atoms with E-state index in [-0.39, 0.29) is 41.8 Å². The molecule has 16 nitrogen and oxygen atoms in total. The zero-order valence-corrected chi connectivity index (χ0v) is 36.2. The molecule has 0 bridgehead atoms. The molecule has 2 saturated carbocycles. The Hall–Kier alpha value is -6.95. The number of nitrogens with zero attached hydrogens (tertiary/aromatic N) is 10. The van der Waals surface area contributed by atoms with Crippen molar-refractivity contribution in [2.45, 2.75) is 89.8 Å². The van der Waals surface area contributed by atoms with E-state index in [1.165, 1.54) is 21.5 Å². The fraction of sp³-hybridized carbons (Fsp3) is 0.383. The molecule has 332 valence electrons. The van der Waals surface area contributed by atoms with Crippen molar-refractivity contribution in [1.29, 1.82) is 0 Å². The van der Waals surface area contributed by atoms with E-state index < -0.39 is 28.8 Å². The number of hydrogen-bond donors (Lipinski definition) is 1. The van der Waals surface area contributed by atoms with Crippen molar-refractivity contribution < 1.29 is 22.8 Å². The predicted molar refractivity (Wildman–Crippen MR) is 233 cm³/mol. The molecule has 18 heteroatoms. The number of halogens is 2. The van der Waals surface area contributed by atoms with Crippen LogP contribution in [0.4, 0.5) is 8.78 Å². The van der Waals surface area contributed by atoms with Gasteiger partial charge in [0.2, 0.25) is 0 Å². The van der Waals surface area contributed by atoms with Gasteiger partial charge in [0.15, 0.2) is 11.6 Å². The molecule has 65 heavy (non-hydrogen) atoms. The third-order valence-electron chi connectivity index (χ3n) is 14.3. The quantitative estimate of drug-likeness (QED) is 0.172. The number of H-pyrrole nitrogens is 1. The van der Waals surface area contributed by atoms with Crippen molar-refractivity contribution >= 4 is 27.8 Å². The SMILES string of the molecule is Cc1cc(-n2nc3c(c2-n2ccn(-c4ccc5c(cnn5C5CC5)c4F)c2=O)[C@H](C)N(C(=O)c2cc4cc(C5CCOCC5)cnc4n2[C@@]2(c4noc(=O)[nH]4)C[C@@H]2C)CC3)cc(C)c1F. The highest BCUT2D eigenvalue weighted by Crippen LogP contribution is 2.56. The number of rotatable bonds is 8. The Morgan fingerprint density at radius 1 is 0.938 bits per heavy atom. The van der Waals surface area contributed by atoms with Crippen LogP contribution in [0.3, 0.4) is 0 Å². The van der Waals surface area contributed by atoms with Crippen LogP contribution in [0.2, 0.25) is 0 Å². The Bertz CT molecular complexity index is 3370. The monoisotopic (exact) mass is 881 g/mol. The summed E-state index contributed by atoms with van der Waals surface area (Å²) in [4.78, 5) is 52.1. The number of benzene rings is 2. The van der Waals surface area contributed by atoms with Crippen LogP contribution < -0.4 is 11.4 Å². The molecule has 1 N–H and O–H groups in total. The van der Waals surface area contributed by atoms with Crippen molar-refractivity contribution in [2.24, 2.45) is 5.92 Å². The topological polar surface area (TPSA) is 169 Å². The molecule has 1 saturated heterocycles. The number of fused-ring (bicyclic) bond motifs is 3. The fourth-order valence-corrected chi connectivity index (χ4v) is 10.6. The highest BCUT2D eigenvalue weighted by Gasteiger charge is 2.59. The lowest BCUT2D eigenvalue weighted by molar-refractivity contribution is 0.0663. The largest absolute Gasteiger partial charge is 0.438 e. The van der Waals surface area contributed by atoms with Gasteiger partial charge >= 0.3 is 11.4 Å². The summed E-state index contributed by atoms with van der Waals surface area (Å²) in [5.41, 5.74) is 3.85. The summed E-state index contributed by atoms with van der Waals surface area (Å²) in [6, 6.07) is 10.3. The number of carbonyl (C=O) groups excluding carboxylic acids is 1. The average Bonchev–Trinajstić information content (AvgIpc) is 3.83. The van der Waals surface area contributed by atoms with Crippen LogP contribution in [-0.4, -0.2) is 79.0 Å². The average molecular weight is 882 g/mol. The highest BCUT2D eigenvalue weighted by molar-refractivity contribution is 5.99. The van der Waals surface area contributed by atoms with Crippen molar-refractivity contribution in [3.63, 3.8) is 0 Å². The lowest BCUT2D eigenvalue weighted by Gasteiger charge is -2.34. The number of pyridine rings is 1. The second kappa shape index (κ2) is 14.3. The molecule has 2 aliphatic heterocycles. The molecule has 1 amide bonds. The van der Waals surface area contributed by atoms with Crippen LogP contribution in [0.25, 0.3) is 39.1 Å². The Kier molecular flexibility index (Phi) is 8.70. The number of aromatic nitrogens is 10. The summed E-state index contributed by atoms with van der Waals surface area (Å²) < 4.78 is 50.2. The maximum absolute atomic E-state index is 16.4. The van der Waals surface area contributed by atoms with Gasteiger partial charge in [-0.1, -0.05) is 12.1 Å². The van der Waals surface area contributed by atoms with Gasteiger partial charge in [-0.05, 0) is 118 Å². The van der Waals surface area contributed by atoms with Crippen LogP contribution in [0.1, 0.15) is 108 Å². The van der Waals surface area contributed by atoms with Gasteiger partial charge in [0, 0.05) is 55.7 Å². The Labute approximate surface area is 369 Å². The number of carbonyl (C=O) groups is 1. The van der Waals surface area contributed by atoms with Crippen molar-refractivity contribution in [3.05, 3.63) is 133 Å². The first-order valence-electron chi connectivity index (χ1n) is 22.3. The first kappa shape index (κ1) is 39.6. The van der Waals surface area contributed by atoms with E-state index in [0.29, 0.717) is 88.0 Å². The zero-order valence-electron chi connectivity index (χ0n) is 36.2. The summed E-state index contributed by atoms with van der Waals surface area (Å²) in [5.74, 6) is -1.01. The van der Waals surface area contributed by atoms with Gasteiger partial charge in [0.05, 0.1) is 46.3 Å². The van der Waals surface area contributed by atoms with Crippen LogP contribution in [0.5, 0.6) is 0 Å². The molecular weight excluding hydrogens is 837 g/mol. The third kappa shape index (κ3) is 5.91. The van der Waals surface area contributed by atoms with E-state index in [1.807, 2.05) is 35.4 Å². The fourth-order valence-electron chi connectivity index (χ4n) is 10.6. The number of imidazole rings is 1. The predicted octanol–water partition coefficient (Wildman–Crippen LogP) is 6.86. The van der Waals surface area contributed by atoms with Crippen LogP contribution in [0, 0.1) is 31.4 Å². The maximum Gasteiger partial charge on any atom is 0.438 e. The molecular formula is C47H45F2N11O5. The standard InChI is InChI=1S/C47H45F2N11O5/c1-24-17-32(18-25(2)39(24)48)60-42(57-14-13-56(46(57)63)36-8-7-35-33(40(36)49)23-51-59(35)31-5-6-31)38-27(4)55(12-9-34(38)53-60)43(61)37-20-29-19-30(28-10-15-64-16-11-28)22-50-41(29)58(37)47(21-26(47)3)44-52-45(62)65-54-44/h7-8,13-14,17-20,22-23,26-28,31H,5-6,9-12,15-16,21H2,1-4H3,(H,52,54,62)/t26-,27-,47-/m0/s1. The lowest BCUT2D eigenvalue weighted by Crippen LogP contribution is -2.41. The van der Waals surface area contributed by atoms with Crippen molar-refractivity contribution in [3.8, 4) is 17.2 Å². The molecule has 6 aromatic heterocycles. The van der Waals surface area contributed by atoms with E-state index in [4.69, 9.17) is 19.3 Å². The minimum Gasteiger partial charge on any atom is -0.381 e. The Morgan fingerprint density at radius 2 is 1.69 bits per heavy atom. The highest BCUT2D eigenvalue weighted by atomic mass is 19.1. The van der Waals surface area contributed by atoms with Gasteiger partial charge in [-0.25, -0.2) is 28.0 Å². The number of ether oxygens (including phenoxy) is 1. The molecule has 0 radical (unpaired) electrons. The molecule has 2 aromatic carbocycles. The molecule has 4 aliphatic rings. The molecule has 12 rings (SSSR count).